The minimum Gasteiger partial charge on any atom is -0.489 e. The van der Waals surface area contributed by atoms with Crippen molar-refractivity contribution in [2.45, 2.75) is 18.9 Å². The Morgan fingerprint density at radius 2 is 1.69 bits per heavy atom. The van der Waals surface area contributed by atoms with Crippen molar-refractivity contribution in [3.05, 3.63) is 70.9 Å². The molecule has 0 spiro atoms. The zero-order valence-corrected chi connectivity index (χ0v) is 17.6. The van der Waals surface area contributed by atoms with E-state index >= 15 is 0 Å². The molecule has 0 bridgehead atoms. The number of likely N-dealkylation sites (tertiary alicyclic amines) is 1. The van der Waals surface area contributed by atoms with Crippen LogP contribution in [0.1, 0.15) is 12.8 Å². The summed E-state index contributed by atoms with van der Waals surface area (Å²) in [5, 5.41) is 4.11. The van der Waals surface area contributed by atoms with Crippen LogP contribution in [0.25, 0.3) is 0 Å². The lowest BCUT2D eigenvalue weighted by Crippen LogP contribution is -2.31. The van der Waals surface area contributed by atoms with Crippen molar-refractivity contribution in [1.82, 2.24) is 10.2 Å². The van der Waals surface area contributed by atoms with Gasteiger partial charge in [-0.3, -0.25) is 9.69 Å². The van der Waals surface area contributed by atoms with Gasteiger partial charge in [0.1, 0.15) is 17.6 Å². The Kier molecular flexibility index (Phi) is 7.81. The maximum atomic E-state index is 12.0. The number of carbonyl (C=O) groups excluding carboxylic acids is 1. The molecule has 2 aromatic rings. The second-order valence-corrected chi connectivity index (χ2v) is 7.80. The van der Waals surface area contributed by atoms with Gasteiger partial charge in [0.15, 0.2) is 6.61 Å². The van der Waals surface area contributed by atoms with Crippen LogP contribution in [0.3, 0.4) is 0 Å². The van der Waals surface area contributed by atoms with Gasteiger partial charge in [-0.1, -0.05) is 29.8 Å². The van der Waals surface area contributed by atoms with E-state index in [-0.39, 0.29) is 18.6 Å². The van der Waals surface area contributed by atoms with Crippen LogP contribution in [-0.4, -0.2) is 43.2 Å². The summed E-state index contributed by atoms with van der Waals surface area (Å²) in [6.07, 6.45) is 1.81. The first-order valence-electron chi connectivity index (χ1n) is 9.48. The van der Waals surface area contributed by atoms with Gasteiger partial charge in [-0.05, 0) is 61.4 Å². The van der Waals surface area contributed by atoms with Gasteiger partial charge in [-0.25, -0.2) is 0 Å². The normalized spacial score (nSPS) is 16.4. The number of ether oxygens (including phenoxy) is 2. The van der Waals surface area contributed by atoms with Gasteiger partial charge < -0.3 is 14.8 Å². The van der Waals surface area contributed by atoms with Crippen LogP contribution in [0.15, 0.2) is 60.8 Å². The van der Waals surface area contributed by atoms with Crippen molar-refractivity contribution < 1.29 is 14.3 Å². The third kappa shape index (κ3) is 7.28. The fourth-order valence-electron chi connectivity index (χ4n) is 3.07. The Labute approximate surface area is 181 Å². The van der Waals surface area contributed by atoms with Gasteiger partial charge in [-0.15, -0.1) is 0 Å². The molecule has 2 aromatic carbocycles. The Balaban J connectivity index is 1.32. The molecule has 154 valence electrons. The van der Waals surface area contributed by atoms with Crippen molar-refractivity contribution in [2.24, 2.45) is 0 Å². The lowest BCUT2D eigenvalue weighted by Gasteiger charge is -2.18. The smallest absolute Gasteiger partial charge is 0.262 e. The fraction of sp³-hybridized carbons (Fsp3) is 0.318. The first kappa shape index (κ1) is 21.5. The van der Waals surface area contributed by atoms with Gasteiger partial charge in [-0.2, -0.15) is 0 Å². The lowest BCUT2D eigenvalue weighted by atomic mass is 10.3. The van der Waals surface area contributed by atoms with E-state index in [1.165, 1.54) is 0 Å². The highest BCUT2D eigenvalue weighted by molar-refractivity contribution is 6.30. The highest BCUT2D eigenvalue weighted by Crippen LogP contribution is 2.21. The minimum absolute atomic E-state index is 0.0681. The van der Waals surface area contributed by atoms with Crippen molar-refractivity contribution >= 4 is 29.1 Å². The topological polar surface area (TPSA) is 50.8 Å². The van der Waals surface area contributed by atoms with Crippen molar-refractivity contribution in [3.63, 3.8) is 0 Å². The summed E-state index contributed by atoms with van der Waals surface area (Å²) in [5.41, 5.74) is 0.678. The predicted molar refractivity (Wildman–Crippen MR) is 116 cm³/mol. The summed E-state index contributed by atoms with van der Waals surface area (Å²) >= 11 is 11.7. The Bertz CT molecular complexity index is 825. The predicted octanol–water partition coefficient (Wildman–Crippen LogP) is 4.55. The van der Waals surface area contributed by atoms with Crippen molar-refractivity contribution in [3.8, 4) is 11.5 Å². The first-order valence-corrected chi connectivity index (χ1v) is 10.2. The monoisotopic (exact) mass is 434 g/mol. The Morgan fingerprint density at radius 1 is 1.07 bits per heavy atom. The first-order chi connectivity index (χ1) is 14.0. The molecule has 0 aliphatic carbocycles. The van der Waals surface area contributed by atoms with E-state index in [0.29, 0.717) is 27.9 Å². The largest absolute Gasteiger partial charge is 0.489 e. The summed E-state index contributed by atoms with van der Waals surface area (Å²) < 4.78 is 11.4. The van der Waals surface area contributed by atoms with Crippen LogP contribution >= 0.6 is 23.2 Å². The Morgan fingerprint density at radius 3 is 2.34 bits per heavy atom. The van der Waals surface area contributed by atoms with Crippen LogP contribution in [0.5, 0.6) is 11.5 Å². The zero-order chi connectivity index (χ0) is 20.6. The minimum atomic E-state index is -0.227. The summed E-state index contributed by atoms with van der Waals surface area (Å²) in [5.74, 6) is 1.20. The molecular formula is C22H24Cl2N2O3. The second-order valence-electron chi connectivity index (χ2n) is 6.93. The molecule has 1 aliphatic rings. The molecule has 0 saturated carbocycles. The Hall–Kier alpha value is -2.21. The van der Waals surface area contributed by atoms with E-state index in [1.807, 2.05) is 24.3 Å². The number of amides is 1. The van der Waals surface area contributed by atoms with E-state index in [0.717, 1.165) is 31.8 Å². The van der Waals surface area contributed by atoms with Gasteiger partial charge in [0.25, 0.3) is 5.91 Å². The summed E-state index contributed by atoms with van der Waals surface area (Å²) in [4.78, 5) is 14.3. The third-order valence-electron chi connectivity index (χ3n) is 4.58. The average Bonchev–Trinajstić information content (AvgIpc) is 3.15. The number of halogens is 2. The standard InChI is InChI=1S/C22H24Cl2N2O3/c1-16(25-22(27)15-28-19-6-2-17(23)3-7-19)10-12-26-13-11-21(14-26)29-20-8-4-18(24)5-9-20/h2-9,21H,1,10-15H2,(H,25,27)/t21-/m1/s1. The quantitative estimate of drug-likeness (QED) is 0.628. The highest BCUT2D eigenvalue weighted by atomic mass is 35.5. The van der Waals surface area contributed by atoms with E-state index < -0.39 is 0 Å². The lowest BCUT2D eigenvalue weighted by molar-refractivity contribution is -0.122. The second kappa shape index (κ2) is 10.5. The number of hydrogen-bond donors (Lipinski definition) is 1. The van der Waals surface area contributed by atoms with E-state index in [1.54, 1.807) is 24.3 Å². The van der Waals surface area contributed by atoms with Crippen molar-refractivity contribution in [2.75, 3.05) is 26.2 Å². The molecule has 0 aromatic heterocycles. The van der Waals surface area contributed by atoms with Crippen molar-refractivity contribution in [1.29, 1.82) is 0 Å². The molecule has 0 radical (unpaired) electrons. The van der Waals surface area contributed by atoms with E-state index in [4.69, 9.17) is 32.7 Å². The number of nitrogens with one attached hydrogen (secondary N) is 1. The van der Waals surface area contributed by atoms with Gasteiger partial charge >= 0.3 is 0 Å². The van der Waals surface area contributed by atoms with Gasteiger partial charge in [0.05, 0.1) is 0 Å². The average molecular weight is 435 g/mol. The van der Waals surface area contributed by atoms with Crippen LogP contribution in [0.4, 0.5) is 0 Å². The molecule has 1 fully saturated rings. The highest BCUT2D eigenvalue weighted by Gasteiger charge is 2.23. The molecule has 7 heteroatoms. The van der Waals surface area contributed by atoms with Crippen LogP contribution in [0, 0.1) is 0 Å². The number of hydrogen-bond acceptors (Lipinski definition) is 4. The molecule has 1 heterocycles. The molecule has 1 amide bonds. The number of rotatable bonds is 9. The SMILES string of the molecule is C=C(CCN1CC[C@@H](Oc2ccc(Cl)cc2)C1)NC(=O)COc1ccc(Cl)cc1. The molecule has 1 N–H and O–H groups in total. The summed E-state index contributed by atoms with van der Waals surface area (Å²) in [7, 11) is 0. The zero-order valence-electron chi connectivity index (χ0n) is 16.1. The number of nitrogens with zero attached hydrogens (tertiary/aromatic N) is 1. The van der Waals surface area contributed by atoms with Crippen LogP contribution in [0.2, 0.25) is 10.0 Å². The molecule has 1 aliphatic heterocycles. The third-order valence-corrected chi connectivity index (χ3v) is 5.08. The molecule has 1 saturated heterocycles. The van der Waals surface area contributed by atoms with Crippen LogP contribution < -0.4 is 14.8 Å². The molecule has 0 unspecified atom stereocenters. The summed E-state index contributed by atoms with van der Waals surface area (Å²) in [6, 6.07) is 14.3. The number of benzene rings is 2. The molecule has 29 heavy (non-hydrogen) atoms. The molecule has 3 rings (SSSR count). The maximum Gasteiger partial charge on any atom is 0.262 e. The summed E-state index contributed by atoms with van der Waals surface area (Å²) in [6.45, 7) is 6.50. The number of carbonyl (C=O) groups is 1. The molecule has 5 nitrogen and oxygen atoms in total. The maximum absolute atomic E-state index is 12.0. The molecule has 1 atom stereocenters. The van der Waals surface area contributed by atoms with E-state index in [2.05, 4.69) is 16.8 Å². The van der Waals surface area contributed by atoms with E-state index in [9.17, 15) is 4.79 Å². The fourth-order valence-corrected chi connectivity index (χ4v) is 3.32. The van der Waals surface area contributed by atoms with Gasteiger partial charge in [0.2, 0.25) is 0 Å². The van der Waals surface area contributed by atoms with Crippen LogP contribution in [-0.2, 0) is 4.79 Å². The molecular weight excluding hydrogens is 411 g/mol. The van der Waals surface area contributed by atoms with Gasteiger partial charge in [0, 0.05) is 35.4 Å².